The van der Waals surface area contributed by atoms with Crippen LogP contribution in [-0.4, -0.2) is 39.4 Å². The average molecular weight is 503 g/mol. The molecule has 7 heteroatoms. The number of carbonyl (C=O) groups excluding carboxylic acids is 3. The van der Waals surface area contributed by atoms with Crippen molar-refractivity contribution in [2.75, 3.05) is 0 Å². The van der Waals surface area contributed by atoms with Crippen LogP contribution in [0.4, 0.5) is 0 Å². The van der Waals surface area contributed by atoms with Crippen LogP contribution in [0.1, 0.15) is 96.3 Å². The third-order valence-electron chi connectivity index (χ3n) is 6.32. The van der Waals surface area contributed by atoms with Crippen molar-refractivity contribution >= 4 is 39.4 Å². The molecule has 0 aromatic heterocycles. The molecular weight excluding hydrogens is 470 g/mol. The number of hydrogen-bond donors (Lipinski definition) is 0. The Balaban J connectivity index is 1.49. The molecule has 0 amide bonds. The molecule has 3 aliphatic carbocycles. The number of hydrogen-bond acceptors (Lipinski definition) is 6. The maximum atomic E-state index is 12.3. The third-order valence-corrected chi connectivity index (χ3v) is 9.34. The summed E-state index contributed by atoms with van der Waals surface area (Å²) in [5, 5.41) is 0. The Labute approximate surface area is 176 Å². The van der Waals surface area contributed by atoms with Crippen molar-refractivity contribution < 1.29 is 23.4 Å². The van der Waals surface area contributed by atoms with Gasteiger partial charge in [-0.25, -0.2) is 0 Å². The number of carbonyl (C=O) groups is 3. The number of rotatable bonds is 9. The van der Waals surface area contributed by atoms with E-state index in [1.54, 1.807) is 0 Å². The van der Waals surface area contributed by atoms with E-state index in [2.05, 4.69) is 0 Å². The van der Waals surface area contributed by atoms with Crippen molar-refractivity contribution in [1.82, 2.24) is 0 Å². The molecule has 6 nitrogen and oxygen atoms in total. The Hall–Kier alpha value is -0.772. The zero-order valence-corrected chi connectivity index (χ0v) is 19.3. The van der Waals surface area contributed by atoms with Crippen LogP contribution < -0.4 is 0 Å². The zero-order valence-electron chi connectivity index (χ0n) is 16.7. The van der Waals surface area contributed by atoms with Crippen LogP contribution >= 0.6 is 0 Å². The van der Waals surface area contributed by atoms with Crippen LogP contribution in [0.3, 0.4) is 0 Å². The molecule has 0 heterocycles. The van der Waals surface area contributed by atoms with Crippen LogP contribution in [0.25, 0.3) is 0 Å². The first kappa shape index (κ1) is 21.9. The van der Waals surface area contributed by atoms with Gasteiger partial charge in [-0.15, -0.1) is 0 Å². The van der Waals surface area contributed by atoms with Crippen molar-refractivity contribution in [2.45, 2.75) is 96.3 Å². The van der Waals surface area contributed by atoms with E-state index in [-0.39, 0.29) is 17.9 Å². The molecule has 0 unspecified atom stereocenters. The second kappa shape index (κ2) is 11.4. The van der Waals surface area contributed by atoms with Gasteiger partial charge in [0.05, 0.1) is 0 Å². The summed E-state index contributed by atoms with van der Waals surface area (Å²) in [6.07, 6.45) is 14.1. The fourth-order valence-corrected chi connectivity index (χ4v) is 7.15. The van der Waals surface area contributed by atoms with Crippen LogP contribution in [0.15, 0.2) is 0 Å². The zero-order chi connectivity index (χ0) is 19.8. The molecule has 0 aromatic rings. The molecular formula is C21H33O6Sb. The van der Waals surface area contributed by atoms with Gasteiger partial charge in [-0.05, 0) is 0 Å². The van der Waals surface area contributed by atoms with E-state index in [1.807, 2.05) is 0 Å². The molecule has 3 fully saturated rings. The molecule has 0 radical (unpaired) electrons. The van der Waals surface area contributed by atoms with Crippen molar-refractivity contribution in [3.63, 3.8) is 0 Å². The van der Waals surface area contributed by atoms with E-state index in [0.29, 0.717) is 37.0 Å². The molecule has 0 N–H and O–H groups in total. The van der Waals surface area contributed by atoms with Gasteiger partial charge < -0.3 is 0 Å². The molecule has 0 saturated heterocycles. The first-order valence-corrected chi connectivity index (χ1v) is 14.1. The molecule has 158 valence electrons. The molecule has 0 aromatic carbocycles. The van der Waals surface area contributed by atoms with Gasteiger partial charge in [0, 0.05) is 0 Å². The minimum absolute atomic E-state index is 0.334. The van der Waals surface area contributed by atoms with Crippen molar-refractivity contribution in [2.24, 2.45) is 17.8 Å². The quantitative estimate of drug-likeness (QED) is 0.436. The molecule has 3 aliphatic rings. The second-order valence-electron chi connectivity index (χ2n) is 8.68. The van der Waals surface area contributed by atoms with E-state index in [0.717, 1.165) is 77.0 Å². The summed E-state index contributed by atoms with van der Waals surface area (Å²) in [4.78, 5) is 36.9. The fourth-order valence-electron chi connectivity index (χ4n) is 4.77. The van der Waals surface area contributed by atoms with Crippen molar-refractivity contribution in [3.05, 3.63) is 0 Å². The standard InChI is InChI=1S/3C7H12O2.Sb/c3*8-7(9)5-6-3-1-2-4-6;/h3*6H,1-5H2,(H,8,9);/q;;;+3/p-3. The summed E-state index contributed by atoms with van der Waals surface area (Å²) < 4.78 is 16.3. The monoisotopic (exact) mass is 502 g/mol. The van der Waals surface area contributed by atoms with E-state index in [1.165, 1.54) is 0 Å². The van der Waals surface area contributed by atoms with Gasteiger partial charge in [-0.1, -0.05) is 0 Å². The van der Waals surface area contributed by atoms with Gasteiger partial charge >= 0.3 is 177 Å². The summed E-state index contributed by atoms with van der Waals surface area (Å²) in [7, 11) is 0. The Kier molecular flexibility index (Phi) is 8.94. The predicted octanol–water partition coefficient (Wildman–Crippen LogP) is 4.34. The van der Waals surface area contributed by atoms with Gasteiger partial charge in [0.15, 0.2) is 0 Å². The SMILES string of the molecule is O=C(CC1CCCC1)[O][Sb]([O]C(=O)CC1CCCC1)[O]C(=O)CC1CCCC1. The topological polar surface area (TPSA) is 78.9 Å². The molecule has 28 heavy (non-hydrogen) atoms. The summed E-state index contributed by atoms with van der Waals surface area (Å²) in [5.74, 6) is -0.0960. The Morgan fingerprint density at radius 2 is 0.786 bits per heavy atom. The van der Waals surface area contributed by atoms with Gasteiger partial charge in [-0.2, -0.15) is 0 Å². The van der Waals surface area contributed by atoms with E-state index in [4.69, 9.17) is 9.05 Å². The second-order valence-corrected chi connectivity index (χ2v) is 11.5. The van der Waals surface area contributed by atoms with Gasteiger partial charge in [0.25, 0.3) is 0 Å². The Morgan fingerprint density at radius 3 is 1.04 bits per heavy atom. The molecule has 0 spiro atoms. The van der Waals surface area contributed by atoms with E-state index in [9.17, 15) is 14.4 Å². The summed E-state index contributed by atoms with van der Waals surface area (Å²) in [5.41, 5.74) is 0. The van der Waals surface area contributed by atoms with Gasteiger partial charge in [0.1, 0.15) is 0 Å². The molecule has 0 atom stereocenters. The first-order valence-electron chi connectivity index (χ1n) is 11.0. The summed E-state index contributed by atoms with van der Waals surface area (Å²) >= 11 is -3.65. The predicted molar refractivity (Wildman–Crippen MR) is 104 cm³/mol. The van der Waals surface area contributed by atoms with Gasteiger partial charge in [0.2, 0.25) is 0 Å². The van der Waals surface area contributed by atoms with Crippen LogP contribution in [0.5, 0.6) is 0 Å². The molecule has 0 aliphatic heterocycles. The summed E-state index contributed by atoms with van der Waals surface area (Å²) in [6, 6.07) is 0. The van der Waals surface area contributed by atoms with Crippen LogP contribution in [0, 0.1) is 17.8 Å². The fraction of sp³-hybridized carbons (Fsp3) is 0.857. The Bertz CT molecular complexity index is 457. The minimum atomic E-state index is -3.65. The molecule has 3 saturated carbocycles. The normalized spacial score (nSPS) is 21.3. The summed E-state index contributed by atoms with van der Waals surface area (Å²) in [6.45, 7) is 0. The first-order chi connectivity index (χ1) is 13.6. The molecule has 0 bridgehead atoms. The molecule has 3 rings (SSSR count). The van der Waals surface area contributed by atoms with Crippen molar-refractivity contribution in [3.8, 4) is 0 Å². The van der Waals surface area contributed by atoms with Crippen molar-refractivity contribution in [1.29, 1.82) is 0 Å². The third kappa shape index (κ3) is 7.57. The van der Waals surface area contributed by atoms with E-state index < -0.39 is 21.5 Å². The average Bonchev–Trinajstić information content (AvgIpc) is 3.37. The van der Waals surface area contributed by atoms with Gasteiger partial charge in [-0.3, -0.25) is 0 Å². The maximum absolute atomic E-state index is 12.3. The van der Waals surface area contributed by atoms with Crippen LogP contribution in [0.2, 0.25) is 0 Å². The van der Waals surface area contributed by atoms with Crippen LogP contribution in [-0.2, 0) is 23.4 Å². The Morgan fingerprint density at radius 1 is 0.536 bits per heavy atom. The van der Waals surface area contributed by atoms with E-state index >= 15 is 0 Å².